The highest BCUT2D eigenvalue weighted by Gasteiger charge is 2.63. The second-order valence-corrected chi connectivity index (χ2v) is 7.57. The van der Waals surface area contributed by atoms with Crippen LogP contribution >= 0.6 is 11.8 Å². The maximum absolute atomic E-state index is 12.2. The van der Waals surface area contributed by atoms with Crippen LogP contribution in [0.2, 0.25) is 0 Å². The molecule has 1 amide bonds. The first-order chi connectivity index (χ1) is 10.2. The zero-order valence-corrected chi connectivity index (χ0v) is 13.8. The molecule has 7 nitrogen and oxygen atoms in total. The molecule has 2 heterocycles. The number of allylic oxidation sites excluding steroid dienone is 1. The van der Waals surface area contributed by atoms with Crippen molar-refractivity contribution in [3.8, 4) is 0 Å². The summed E-state index contributed by atoms with van der Waals surface area (Å²) in [5.74, 6) is -1.73. The third-order valence-corrected chi connectivity index (χ3v) is 5.25. The second-order valence-electron chi connectivity index (χ2n) is 5.80. The van der Waals surface area contributed by atoms with Gasteiger partial charge in [0, 0.05) is 16.5 Å². The molecule has 3 atom stereocenters. The van der Waals surface area contributed by atoms with Gasteiger partial charge in [-0.15, -0.1) is 11.8 Å². The fourth-order valence-electron chi connectivity index (χ4n) is 2.79. The fourth-order valence-corrected chi connectivity index (χ4v) is 4.42. The lowest BCUT2D eigenvalue weighted by Gasteiger charge is -2.44. The largest absolute Gasteiger partial charge is 0.480 e. The van der Waals surface area contributed by atoms with E-state index in [-0.39, 0.29) is 17.9 Å². The molecule has 2 rings (SSSR count). The molecule has 2 aliphatic heterocycles. The van der Waals surface area contributed by atoms with Crippen molar-refractivity contribution in [2.24, 2.45) is 0 Å². The van der Waals surface area contributed by atoms with Gasteiger partial charge in [-0.25, -0.2) is 9.59 Å². The van der Waals surface area contributed by atoms with Gasteiger partial charge in [-0.3, -0.25) is 4.79 Å². The van der Waals surface area contributed by atoms with Crippen molar-refractivity contribution in [2.45, 2.75) is 49.9 Å². The predicted molar refractivity (Wildman–Crippen MR) is 81.0 cm³/mol. The van der Waals surface area contributed by atoms with E-state index in [9.17, 15) is 19.5 Å². The molecule has 2 N–H and O–H groups in total. The Morgan fingerprint density at radius 2 is 2.14 bits per heavy atom. The summed E-state index contributed by atoms with van der Waals surface area (Å²) in [6, 6.07) is -1.35. The van der Waals surface area contributed by atoms with Crippen LogP contribution in [0, 0.1) is 0 Å². The number of fused-ring (bicyclic) bond motifs is 1. The molecular weight excluding hydrogens is 308 g/mol. The standard InChI is InChI=1S/C14H20N2O5S/c1-5-21-8(17)6-7(2)15-9-11(18)16-10(13(19)20)14(3,4)22-12(9)16/h6,9-10,12,15H,5H2,1-4H3,(H,19,20)/b7-6+/t9?,10-,12+/m0/s1. The van der Waals surface area contributed by atoms with E-state index < -0.39 is 28.8 Å². The third-order valence-electron chi connectivity index (χ3n) is 3.68. The van der Waals surface area contributed by atoms with Gasteiger partial charge in [0.25, 0.3) is 0 Å². The first-order valence-electron chi connectivity index (χ1n) is 7.03. The first kappa shape index (κ1) is 16.7. The van der Waals surface area contributed by atoms with Crippen molar-refractivity contribution in [2.75, 3.05) is 6.61 Å². The SMILES string of the molecule is CCOC(=O)/C=C(\C)NC1C(=O)N2[C@@H]1SC(C)(C)[C@@H]2C(=O)O. The summed E-state index contributed by atoms with van der Waals surface area (Å²) >= 11 is 1.46. The number of thioether (sulfide) groups is 1. The summed E-state index contributed by atoms with van der Waals surface area (Å²) in [4.78, 5) is 36.4. The maximum Gasteiger partial charge on any atom is 0.332 e. The number of carbonyl (C=O) groups is 3. The second kappa shape index (κ2) is 5.83. The van der Waals surface area contributed by atoms with Gasteiger partial charge >= 0.3 is 11.9 Å². The van der Waals surface area contributed by atoms with Gasteiger partial charge in [-0.2, -0.15) is 0 Å². The first-order valence-corrected chi connectivity index (χ1v) is 7.91. The van der Waals surface area contributed by atoms with Crippen molar-refractivity contribution in [1.82, 2.24) is 10.2 Å². The van der Waals surface area contributed by atoms with Gasteiger partial charge in [-0.1, -0.05) is 0 Å². The van der Waals surface area contributed by atoms with E-state index in [1.165, 1.54) is 22.7 Å². The highest BCUT2D eigenvalue weighted by Crippen LogP contribution is 2.50. The number of carboxylic acids is 1. The molecule has 2 fully saturated rings. The van der Waals surface area contributed by atoms with Gasteiger partial charge in [0.15, 0.2) is 0 Å². The van der Waals surface area contributed by atoms with E-state index in [2.05, 4.69) is 5.32 Å². The summed E-state index contributed by atoms with van der Waals surface area (Å²) in [6.45, 7) is 7.31. The van der Waals surface area contributed by atoms with Gasteiger partial charge < -0.3 is 20.1 Å². The minimum atomic E-state index is -0.995. The Bertz CT molecular complexity index is 545. The van der Waals surface area contributed by atoms with Gasteiger partial charge in [0.05, 0.1) is 6.61 Å². The zero-order valence-electron chi connectivity index (χ0n) is 13.0. The van der Waals surface area contributed by atoms with E-state index >= 15 is 0 Å². The number of ether oxygens (including phenoxy) is 1. The molecule has 0 bridgehead atoms. The van der Waals surface area contributed by atoms with Crippen LogP contribution in [0.15, 0.2) is 11.8 Å². The number of β-lactam (4-membered cyclic amide) rings is 1. The lowest BCUT2D eigenvalue weighted by Crippen LogP contribution is -2.69. The van der Waals surface area contributed by atoms with Crippen molar-refractivity contribution in [3.05, 3.63) is 11.8 Å². The zero-order chi connectivity index (χ0) is 16.7. The van der Waals surface area contributed by atoms with E-state index in [0.29, 0.717) is 5.70 Å². The van der Waals surface area contributed by atoms with Crippen LogP contribution in [0.5, 0.6) is 0 Å². The smallest absolute Gasteiger partial charge is 0.332 e. The molecule has 8 heteroatoms. The number of aliphatic carboxylic acids is 1. The Balaban J connectivity index is 2.07. The predicted octanol–water partition coefficient (Wildman–Crippen LogP) is 0.558. The Kier molecular flexibility index (Phi) is 4.42. The van der Waals surface area contributed by atoms with E-state index in [1.54, 1.807) is 13.8 Å². The van der Waals surface area contributed by atoms with Gasteiger partial charge in [0.2, 0.25) is 5.91 Å². The molecule has 0 saturated carbocycles. The van der Waals surface area contributed by atoms with Crippen LogP contribution in [-0.4, -0.2) is 56.7 Å². The van der Waals surface area contributed by atoms with E-state index in [4.69, 9.17) is 4.74 Å². The minimum Gasteiger partial charge on any atom is -0.480 e. The number of carboxylic acid groups (broad SMARTS) is 1. The molecule has 1 unspecified atom stereocenters. The molecule has 0 spiro atoms. The highest BCUT2D eigenvalue weighted by atomic mass is 32.2. The summed E-state index contributed by atoms with van der Waals surface area (Å²) in [5, 5.41) is 12.1. The quantitative estimate of drug-likeness (QED) is 0.432. The lowest BCUT2D eigenvalue weighted by molar-refractivity contribution is -0.160. The van der Waals surface area contributed by atoms with Crippen molar-refractivity contribution in [3.63, 3.8) is 0 Å². The normalized spacial score (nSPS) is 29.6. The van der Waals surface area contributed by atoms with E-state index in [1.807, 2.05) is 13.8 Å². The van der Waals surface area contributed by atoms with Crippen molar-refractivity contribution >= 4 is 29.6 Å². The molecule has 0 aliphatic carbocycles. The summed E-state index contributed by atoms with van der Waals surface area (Å²) in [6.07, 6.45) is 1.29. The number of nitrogens with one attached hydrogen (secondary N) is 1. The summed E-state index contributed by atoms with van der Waals surface area (Å²) in [7, 11) is 0. The lowest BCUT2D eigenvalue weighted by atomic mass is 9.96. The average Bonchev–Trinajstić information content (AvgIpc) is 2.65. The van der Waals surface area contributed by atoms with Crippen LogP contribution in [0.25, 0.3) is 0 Å². The number of hydrogen-bond acceptors (Lipinski definition) is 6. The van der Waals surface area contributed by atoms with E-state index in [0.717, 1.165) is 0 Å². The van der Waals surface area contributed by atoms with Crippen molar-refractivity contribution < 1.29 is 24.2 Å². The average molecular weight is 328 g/mol. The number of esters is 1. The number of amides is 1. The van der Waals surface area contributed by atoms with Crippen LogP contribution in [-0.2, 0) is 19.1 Å². The topological polar surface area (TPSA) is 95.9 Å². The van der Waals surface area contributed by atoms with Crippen LogP contribution < -0.4 is 5.32 Å². The molecule has 122 valence electrons. The molecule has 0 radical (unpaired) electrons. The monoisotopic (exact) mass is 328 g/mol. The Labute approximate surface area is 133 Å². The Morgan fingerprint density at radius 1 is 1.50 bits per heavy atom. The fraction of sp³-hybridized carbons (Fsp3) is 0.643. The van der Waals surface area contributed by atoms with Crippen LogP contribution in [0.3, 0.4) is 0 Å². The number of hydrogen-bond donors (Lipinski definition) is 2. The number of carbonyl (C=O) groups excluding carboxylic acids is 2. The van der Waals surface area contributed by atoms with Crippen LogP contribution in [0.4, 0.5) is 0 Å². The maximum atomic E-state index is 12.2. The Hall–Kier alpha value is -1.70. The van der Waals surface area contributed by atoms with Crippen LogP contribution in [0.1, 0.15) is 27.7 Å². The highest BCUT2D eigenvalue weighted by molar-refractivity contribution is 8.01. The molecular formula is C14H20N2O5S. The summed E-state index contributed by atoms with van der Waals surface area (Å²) < 4.78 is 4.25. The molecule has 0 aromatic rings. The molecule has 0 aromatic heterocycles. The summed E-state index contributed by atoms with van der Waals surface area (Å²) in [5.41, 5.74) is 0.522. The van der Waals surface area contributed by atoms with Crippen molar-refractivity contribution in [1.29, 1.82) is 0 Å². The van der Waals surface area contributed by atoms with Gasteiger partial charge in [-0.05, 0) is 27.7 Å². The Morgan fingerprint density at radius 3 is 2.68 bits per heavy atom. The number of rotatable bonds is 5. The number of nitrogens with zero attached hydrogens (tertiary/aromatic N) is 1. The minimum absolute atomic E-state index is 0.242. The molecule has 2 aliphatic rings. The third kappa shape index (κ3) is 2.79. The molecule has 0 aromatic carbocycles. The molecule has 2 saturated heterocycles. The van der Waals surface area contributed by atoms with Gasteiger partial charge in [0.1, 0.15) is 17.5 Å². The molecule has 22 heavy (non-hydrogen) atoms.